The Morgan fingerprint density at radius 3 is 2.56 bits per heavy atom. The number of aromatic nitrogens is 2. The molecule has 1 N–H and O–H groups in total. The second kappa shape index (κ2) is 5.34. The molecule has 1 aromatic rings. The van der Waals surface area contributed by atoms with Crippen LogP contribution in [0.15, 0.2) is 6.20 Å². The molecule has 0 spiro atoms. The predicted molar refractivity (Wildman–Crippen MR) is 54.9 cm³/mol. The fourth-order valence-corrected chi connectivity index (χ4v) is 1.52. The van der Waals surface area contributed by atoms with Crippen LogP contribution < -0.4 is 5.32 Å². The Hall–Kier alpha value is -1.04. The third-order valence-corrected chi connectivity index (χ3v) is 2.23. The Kier molecular flexibility index (Phi) is 4.35. The van der Waals surface area contributed by atoms with Gasteiger partial charge in [-0.25, -0.2) is 0 Å². The molecule has 0 saturated heterocycles. The van der Waals surface area contributed by atoms with E-state index >= 15 is 0 Å². The van der Waals surface area contributed by atoms with Crippen molar-refractivity contribution < 1.29 is 13.2 Å². The van der Waals surface area contributed by atoms with E-state index in [1.165, 1.54) is 6.20 Å². The van der Waals surface area contributed by atoms with E-state index in [4.69, 9.17) is 0 Å². The summed E-state index contributed by atoms with van der Waals surface area (Å²) in [5.74, 6) is 0. The van der Waals surface area contributed by atoms with Gasteiger partial charge in [-0.3, -0.25) is 4.68 Å². The van der Waals surface area contributed by atoms with E-state index in [1.807, 2.05) is 6.92 Å². The quantitative estimate of drug-likeness (QED) is 0.794. The lowest BCUT2D eigenvalue weighted by molar-refractivity contribution is -0.144. The van der Waals surface area contributed by atoms with Crippen LogP contribution in [0.2, 0.25) is 0 Å². The number of rotatable bonds is 5. The first kappa shape index (κ1) is 13.0. The number of alkyl halides is 3. The van der Waals surface area contributed by atoms with Crippen molar-refractivity contribution in [3.8, 4) is 0 Å². The molecule has 6 heteroatoms. The van der Waals surface area contributed by atoms with Gasteiger partial charge in [0.2, 0.25) is 0 Å². The van der Waals surface area contributed by atoms with Crippen LogP contribution in [-0.2, 0) is 19.3 Å². The van der Waals surface area contributed by atoms with Crippen molar-refractivity contribution in [2.75, 3.05) is 6.54 Å². The minimum atomic E-state index is -4.34. The lowest BCUT2D eigenvalue weighted by Gasteiger charge is -2.11. The summed E-state index contributed by atoms with van der Waals surface area (Å²) in [6.07, 6.45) is -2.16. The number of nitrogens with zero attached hydrogens (tertiary/aromatic N) is 2. The van der Waals surface area contributed by atoms with Crippen molar-refractivity contribution in [2.45, 2.75) is 39.5 Å². The van der Waals surface area contributed by atoms with Crippen LogP contribution in [0.5, 0.6) is 0 Å². The smallest absolute Gasteiger partial charge is 0.313 e. The Balaban J connectivity index is 2.88. The number of hydrogen-bond donors (Lipinski definition) is 1. The van der Waals surface area contributed by atoms with Gasteiger partial charge in [-0.2, -0.15) is 18.3 Å². The summed E-state index contributed by atoms with van der Waals surface area (Å²) in [5.41, 5.74) is -0.429. The summed E-state index contributed by atoms with van der Waals surface area (Å²) in [4.78, 5) is 0. The zero-order valence-electron chi connectivity index (χ0n) is 9.43. The van der Waals surface area contributed by atoms with Crippen LogP contribution in [-0.4, -0.2) is 16.3 Å². The Morgan fingerprint density at radius 2 is 2.06 bits per heavy atom. The lowest BCUT2D eigenvalue weighted by atomic mass is 10.2. The Labute approximate surface area is 92.6 Å². The van der Waals surface area contributed by atoms with Gasteiger partial charge in [0.05, 0.1) is 6.20 Å². The van der Waals surface area contributed by atoms with E-state index in [1.54, 1.807) is 6.92 Å². The van der Waals surface area contributed by atoms with E-state index in [0.29, 0.717) is 6.54 Å². The highest BCUT2D eigenvalue weighted by Gasteiger charge is 2.37. The van der Waals surface area contributed by atoms with Crippen LogP contribution in [0.25, 0.3) is 0 Å². The van der Waals surface area contributed by atoms with Crippen LogP contribution >= 0.6 is 0 Å². The molecule has 0 aromatic carbocycles. The molecule has 1 aromatic heterocycles. The van der Waals surface area contributed by atoms with Crippen molar-refractivity contribution in [2.24, 2.45) is 0 Å². The molecule has 0 fully saturated rings. The average Bonchev–Trinajstić information content (AvgIpc) is 2.61. The van der Waals surface area contributed by atoms with Crippen LogP contribution in [0.4, 0.5) is 13.2 Å². The summed E-state index contributed by atoms with van der Waals surface area (Å²) in [6, 6.07) is 0. The van der Waals surface area contributed by atoms with Crippen LogP contribution in [0.1, 0.15) is 31.5 Å². The minimum absolute atomic E-state index is 0.211. The summed E-state index contributed by atoms with van der Waals surface area (Å²) in [5, 5.41) is 6.68. The third-order valence-electron chi connectivity index (χ3n) is 2.23. The fraction of sp³-hybridized carbons (Fsp3) is 0.700. The summed E-state index contributed by atoms with van der Waals surface area (Å²) in [6.45, 7) is 4.75. The summed E-state index contributed by atoms with van der Waals surface area (Å²) >= 11 is 0. The molecule has 1 heterocycles. The first-order valence-electron chi connectivity index (χ1n) is 5.33. The minimum Gasteiger partial charge on any atom is -0.313 e. The SMILES string of the molecule is CCCNCc1cnn(CC)c1C(F)(F)F. The van der Waals surface area contributed by atoms with E-state index in [2.05, 4.69) is 10.4 Å². The molecular weight excluding hydrogens is 219 g/mol. The van der Waals surface area contributed by atoms with E-state index in [-0.39, 0.29) is 18.7 Å². The van der Waals surface area contributed by atoms with Gasteiger partial charge in [-0.05, 0) is 19.9 Å². The highest BCUT2D eigenvalue weighted by Crippen LogP contribution is 2.31. The second-order valence-corrected chi connectivity index (χ2v) is 3.51. The van der Waals surface area contributed by atoms with Gasteiger partial charge in [0.15, 0.2) is 0 Å². The molecule has 0 aliphatic heterocycles. The molecule has 0 radical (unpaired) electrons. The first-order chi connectivity index (χ1) is 7.50. The van der Waals surface area contributed by atoms with E-state index in [0.717, 1.165) is 11.1 Å². The van der Waals surface area contributed by atoms with Gasteiger partial charge in [0, 0.05) is 18.7 Å². The number of nitrogens with one attached hydrogen (secondary N) is 1. The van der Waals surface area contributed by atoms with Crippen molar-refractivity contribution in [1.82, 2.24) is 15.1 Å². The Bertz CT molecular complexity index is 331. The maximum atomic E-state index is 12.7. The molecule has 92 valence electrons. The highest BCUT2D eigenvalue weighted by molar-refractivity contribution is 5.20. The maximum Gasteiger partial charge on any atom is 0.433 e. The monoisotopic (exact) mass is 235 g/mol. The largest absolute Gasteiger partial charge is 0.433 e. The van der Waals surface area contributed by atoms with Crippen molar-refractivity contribution >= 4 is 0 Å². The molecular formula is C10H16F3N3. The van der Waals surface area contributed by atoms with Gasteiger partial charge >= 0.3 is 6.18 Å². The molecule has 1 rings (SSSR count). The molecule has 0 amide bonds. The fourth-order valence-electron chi connectivity index (χ4n) is 1.52. The molecule has 16 heavy (non-hydrogen) atoms. The summed E-state index contributed by atoms with van der Waals surface area (Å²) in [7, 11) is 0. The lowest BCUT2D eigenvalue weighted by Crippen LogP contribution is -2.20. The highest BCUT2D eigenvalue weighted by atomic mass is 19.4. The number of hydrogen-bond acceptors (Lipinski definition) is 2. The van der Waals surface area contributed by atoms with Gasteiger partial charge in [-0.15, -0.1) is 0 Å². The van der Waals surface area contributed by atoms with E-state index in [9.17, 15) is 13.2 Å². The second-order valence-electron chi connectivity index (χ2n) is 3.51. The van der Waals surface area contributed by atoms with Crippen LogP contribution in [0.3, 0.4) is 0 Å². The van der Waals surface area contributed by atoms with Crippen molar-refractivity contribution in [3.05, 3.63) is 17.5 Å². The molecule has 0 atom stereocenters. The van der Waals surface area contributed by atoms with Gasteiger partial charge in [0.25, 0.3) is 0 Å². The molecule has 3 nitrogen and oxygen atoms in total. The summed E-state index contributed by atoms with van der Waals surface area (Å²) < 4.78 is 39.2. The maximum absolute atomic E-state index is 12.7. The van der Waals surface area contributed by atoms with Gasteiger partial charge < -0.3 is 5.32 Å². The zero-order valence-corrected chi connectivity index (χ0v) is 9.43. The van der Waals surface area contributed by atoms with Crippen LogP contribution in [0, 0.1) is 0 Å². The van der Waals surface area contributed by atoms with Crippen molar-refractivity contribution in [3.63, 3.8) is 0 Å². The molecule has 0 aliphatic rings. The van der Waals surface area contributed by atoms with E-state index < -0.39 is 11.9 Å². The number of aryl methyl sites for hydroxylation is 1. The number of halogens is 3. The molecule has 0 aliphatic carbocycles. The third kappa shape index (κ3) is 2.98. The van der Waals surface area contributed by atoms with Gasteiger partial charge in [-0.1, -0.05) is 6.92 Å². The van der Waals surface area contributed by atoms with Crippen molar-refractivity contribution in [1.29, 1.82) is 0 Å². The average molecular weight is 235 g/mol. The zero-order chi connectivity index (χ0) is 12.2. The molecule has 0 unspecified atom stereocenters. The molecule has 0 saturated carbocycles. The standard InChI is InChI=1S/C10H16F3N3/c1-3-5-14-6-8-7-15-16(4-2)9(8)10(11,12)13/h7,14H,3-6H2,1-2H3. The molecule has 0 bridgehead atoms. The topological polar surface area (TPSA) is 29.9 Å². The van der Waals surface area contributed by atoms with Gasteiger partial charge in [0.1, 0.15) is 5.69 Å². The Morgan fingerprint density at radius 1 is 1.38 bits per heavy atom. The normalized spacial score (nSPS) is 12.1. The predicted octanol–water partition coefficient (Wildman–Crippen LogP) is 2.42. The first-order valence-corrected chi connectivity index (χ1v) is 5.33.